The van der Waals surface area contributed by atoms with Crippen molar-refractivity contribution in [3.05, 3.63) is 86.2 Å². The summed E-state index contributed by atoms with van der Waals surface area (Å²) in [6, 6.07) is 11.6. The number of hydrogen-bond donors (Lipinski definition) is 1. The average Bonchev–Trinajstić information content (AvgIpc) is 2.94. The van der Waals surface area contributed by atoms with Crippen molar-refractivity contribution in [3.63, 3.8) is 0 Å². The largest absolute Gasteiger partial charge is 0.493 e. The van der Waals surface area contributed by atoms with Gasteiger partial charge in [0, 0.05) is 42.0 Å². The molecule has 11 heteroatoms. The molecule has 0 saturated heterocycles. The molecule has 42 heavy (non-hydrogen) atoms. The number of benzene rings is 2. The second-order valence-electron chi connectivity index (χ2n) is 11.1. The van der Waals surface area contributed by atoms with Crippen LogP contribution in [0.2, 0.25) is 0 Å². The van der Waals surface area contributed by atoms with E-state index in [9.17, 15) is 19.7 Å². The molecule has 1 aliphatic heterocycles. The Morgan fingerprint density at radius 3 is 2.21 bits per heavy atom. The van der Waals surface area contributed by atoms with Crippen LogP contribution in [0.5, 0.6) is 11.5 Å². The van der Waals surface area contributed by atoms with Gasteiger partial charge in [-0.25, -0.2) is 9.59 Å². The molecule has 0 aromatic heterocycles. The molecule has 226 valence electrons. The van der Waals surface area contributed by atoms with Crippen LogP contribution in [0.3, 0.4) is 0 Å². The number of allylic oxidation sites excluding steroid dienone is 2. The van der Waals surface area contributed by atoms with E-state index >= 15 is 0 Å². The number of nitro benzene ring substituents is 1. The van der Waals surface area contributed by atoms with E-state index in [0.29, 0.717) is 41.5 Å². The molecule has 2 aromatic carbocycles. The molecule has 11 nitrogen and oxygen atoms in total. The van der Waals surface area contributed by atoms with Gasteiger partial charge in [-0.2, -0.15) is 0 Å². The highest BCUT2D eigenvalue weighted by atomic mass is 16.6. The second-order valence-corrected chi connectivity index (χ2v) is 11.1. The summed E-state index contributed by atoms with van der Waals surface area (Å²) in [6.45, 7) is 8.72. The molecule has 3 rings (SSSR count). The van der Waals surface area contributed by atoms with Gasteiger partial charge in [0.1, 0.15) is 0 Å². The van der Waals surface area contributed by atoms with Gasteiger partial charge in [-0.05, 0) is 44.2 Å². The lowest BCUT2D eigenvalue weighted by Gasteiger charge is -2.32. The Morgan fingerprint density at radius 1 is 0.976 bits per heavy atom. The molecule has 1 unspecified atom stereocenters. The summed E-state index contributed by atoms with van der Waals surface area (Å²) in [5.74, 6) is -0.883. The Kier molecular flexibility index (Phi) is 10.3. The molecule has 1 heterocycles. The van der Waals surface area contributed by atoms with Crippen LogP contribution in [0.4, 0.5) is 5.69 Å². The van der Waals surface area contributed by atoms with Gasteiger partial charge in [-0.3, -0.25) is 10.1 Å². The lowest BCUT2D eigenvalue weighted by Crippen LogP contribution is -2.37. The third kappa shape index (κ3) is 7.47. The van der Waals surface area contributed by atoms with Gasteiger partial charge in [0.05, 0.1) is 49.9 Å². The molecule has 0 amide bonds. The molecule has 0 radical (unpaired) electrons. The fraction of sp³-hybridized carbons (Fsp3) is 0.419. The zero-order chi connectivity index (χ0) is 31.2. The summed E-state index contributed by atoms with van der Waals surface area (Å²) in [4.78, 5) is 39.6. The van der Waals surface area contributed by atoms with E-state index in [2.05, 4.69) is 10.2 Å². The van der Waals surface area contributed by atoms with E-state index in [1.807, 2.05) is 39.1 Å². The van der Waals surface area contributed by atoms with Gasteiger partial charge in [-0.15, -0.1) is 0 Å². The van der Waals surface area contributed by atoms with Gasteiger partial charge in [-0.1, -0.05) is 32.0 Å². The van der Waals surface area contributed by atoms with Crippen molar-refractivity contribution in [2.45, 2.75) is 40.2 Å². The fourth-order valence-electron chi connectivity index (χ4n) is 5.26. The molecule has 0 fully saturated rings. The molecule has 2 aromatic rings. The molecule has 1 N–H and O–H groups in total. The molecule has 0 bridgehead atoms. The number of carbonyl (C=O) groups excluding carboxylic acids is 2. The Balaban J connectivity index is 1.81. The van der Waals surface area contributed by atoms with Crippen LogP contribution < -0.4 is 14.8 Å². The number of esters is 2. The van der Waals surface area contributed by atoms with Crippen LogP contribution in [0.15, 0.2) is 65.0 Å². The summed E-state index contributed by atoms with van der Waals surface area (Å²) < 4.78 is 21.6. The van der Waals surface area contributed by atoms with E-state index in [-0.39, 0.29) is 23.4 Å². The third-order valence-corrected chi connectivity index (χ3v) is 6.99. The number of nitrogens with zero attached hydrogens (tertiary/aromatic N) is 2. The summed E-state index contributed by atoms with van der Waals surface area (Å²) in [6.07, 6.45) is 0. The van der Waals surface area contributed by atoms with Crippen molar-refractivity contribution < 1.29 is 33.5 Å². The minimum Gasteiger partial charge on any atom is -0.493 e. The van der Waals surface area contributed by atoms with Crippen LogP contribution in [-0.2, 0) is 25.6 Å². The van der Waals surface area contributed by atoms with Crippen LogP contribution in [-0.4, -0.2) is 63.3 Å². The zero-order valence-electron chi connectivity index (χ0n) is 25.4. The first kappa shape index (κ1) is 32.1. The number of carbonyl (C=O) groups is 2. The maximum absolute atomic E-state index is 13.7. The Bertz CT molecular complexity index is 1410. The molecule has 1 aliphatic rings. The van der Waals surface area contributed by atoms with E-state index in [4.69, 9.17) is 18.9 Å². The highest BCUT2D eigenvalue weighted by Gasteiger charge is 2.39. The maximum Gasteiger partial charge on any atom is 0.336 e. The SMILES string of the molecule is COC(=O)C1=C(C)NC(C)=C(C(=O)OCC(C)(C)CN(C)Cc2ccc(OC)c(OC)c2)C1c1cccc([N+](=O)[O-])c1. The van der Waals surface area contributed by atoms with Crippen molar-refractivity contribution in [3.8, 4) is 11.5 Å². The first-order valence-electron chi connectivity index (χ1n) is 13.4. The van der Waals surface area contributed by atoms with E-state index in [0.717, 1.165) is 5.56 Å². The number of non-ortho nitro benzene ring substituents is 1. The zero-order valence-corrected chi connectivity index (χ0v) is 25.4. The summed E-state index contributed by atoms with van der Waals surface area (Å²) in [5, 5.41) is 14.6. The number of nitrogens with one attached hydrogen (secondary N) is 1. The van der Waals surface area contributed by atoms with Gasteiger partial charge >= 0.3 is 11.9 Å². The summed E-state index contributed by atoms with van der Waals surface area (Å²) in [5.41, 5.74) is 2.21. The number of rotatable bonds is 12. The smallest absolute Gasteiger partial charge is 0.336 e. The van der Waals surface area contributed by atoms with Crippen molar-refractivity contribution in [1.82, 2.24) is 10.2 Å². The van der Waals surface area contributed by atoms with E-state index < -0.39 is 28.2 Å². The fourth-order valence-corrected chi connectivity index (χ4v) is 5.26. The van der Waals surface area contributed by atoms with Crippen molar-refractivity contribution >= 4 is 17.6 Å². The molecule has 0 saturated carbocycles. The number of hydrogen-bond acceptors (Lipinski definition) is 10. The highest BCUT2D eigenvalue weighted by Crippen LogP contribution is 2.40. The highest BCUT2D eigenvalue weighted by molar-refractivity contribution is 5.99. The number of nitro groups is 1. The monoisotopic (exact) mass is 581 g/mol. The molecular weight excluding hydrogens is 542 g/mol. The number of methoxy groups -OCH3 is 3. The lowest BCUT2D eigenvalue weighted by atomic mass is 9.80. The van der Waals surface area contributed by atoms with Crippen LogP contribution in [0.1, 0.15) is 44.7 Å². The molecular formula is C31H39N3O8. The average molecular weight is 582 g/mol. The minimum atomic E-state index is -0.915. The normalized spacial score (nSPS) is 15.3. The Morgan fingerprint density at radius 2 is 1.62 bits per heavy atom. The van der Waals surface area contributed by atoms with Gasteiger partial charge in [0.25, 0.3) is 5.69 Å². The van der Waals surface area contributed by atoms with Crippen molar-refractivity contribution in [1.29, 1.82) is 0 Å². The summed E-state index contributed by atoms with van der Waals surface area (Å²) in [7, 11) is 6.41. The Labute approximate surface area is 246 Å². The number of dihydropyridines is 1. The first-order valence-corrected chi connectivity index (χ1v) is 13.4. The van der Waals surface area contributed by atoms with Crippen molar-refractivity contribution in [2.75, 3.05) is 41.5 Å². The molecule has 0 spiro atoms. The number of ether oxygens (including phenoxy) is 4. The minimum absolute atomic E-state index is 0.0940. The van der Waals surface area contributed by atoms with Gasteiger partial charge in [0.15, 0.2) is 11.5 Å². The van der Waals surface area contributed by atoms with E-state index in [1.165, 1.54) is 25.3 Å². The molecule has 0 aliphatic carbocycles. The van der Waals surface area contributed by atoms with Gasteiger partial charge < -0.3 is 29.2 Å². The lowest BCUT2D eigenvalue weighted by molar-refractivity contribution is -0.384. The topological polar surface area (TPSA) is 129 Å². The standard InChI is InChI=1S/C31H39N3O8/c1-19-26(29(35)41-8)28(22-10-9-11-23(15-22)34(37)38)27(20(2)32-19)30(36)42-18-31(3,4)17-33(5)16-21-12-13-24(39-6)25(14-21)40-7/h9-15,28,32H,16-18H2,1-8H3. The predicted molar refractivity (Wildman–Crippen MR) is 157 cm³/mol. The first-order chi connectivity index (χ1) is 19.8. The summed E-state index contributed by atoms with van der Waals surface area (Å²) >= 11 is 0. The van der Waals surface area contributed by atoms with Crippen LogP contribution in [0.25, 0.3) is 0 Å². The quantitative estimate of drug-likeness (QED) is 0.213. The maximum atomic E-state index is 13.7. The van der Waals surface area contributed by atoms with E-state index in [1.54, 1.807) is 34.1 Å². The van der Waals surface area contributed by atoms with Crippen LogP contribution >= 0.6 is 0 Å². The van der Waals surface area contributed by atoms with Crippen molar-refractivity contribution in [2.24, 2.45) is 5.41 Å². The van der Waals surface area contributed by atoms with Crippen LogP contribution in [0, 0.1) is 15.5 Å². The third-order valence-electron chi connectivity index (χ3n) is 6.99. The Hall–Kier alpha value is -4.38. The second kappa shape index (κ2) is 13.5. The predicted octanol–water partition coefficient (Wildman–Crippen LogP) is 4.72. The van der Waals surface area contributed by atoms with Gasteiger partial charge in [0.2, 0.25) is 0 Å². The molecule has 1 atom stereocenters.